The number of aromatic nitrogens is 1. The molecule has 3 rings (SSSR count). The monoisotopic (exact) mass is 430 g/mol. The van der Waals surface area contributed by atoms with Gasteiger partial charge in [-0.05, 0) is 62.1 Å². The number of hydrogen-bond acceptors (Lipinski definition) is 5. The summed E-state index contributed by atoms with van der Waals surface area (Å²) in [5, 5.41) is 2.90. The molecule has 1 atom stereocenters. The number of anilines is 1. The number of carbonyl (C=O) groups excluding carboxylic acids is 1. The van der Waals surface area contributed by atoms with Gasteiger partial charge in [0.25, 0.3) is 5.91 Å². The predicted octanol–water partition coefficient (Wildman–Crippen LogP) is 2.95. The first kappa shape index (κ1) is 22.2. The van der Waals surface area contributed by atoms with Crippen LogP contribution in [0.4, 0.5) is 5.82 Å². The van der Waals surface area contributed by atoms with E-state index in [2.05, 4.69) is 10.3 Å². The van der Waals surface area contributed by atoms with Gasteiger partial charge in [-0.15, -0.1) is 0 Å². The highest BCUT2D eigenvalue weighted by Crippen LogP contribution is 2.26. The zero-order chi connectivity index (χ0) is 21.9. The number of carbonyl (C=O) groups is 1. The molecule has 1 fully saturated rings. The van der Waals surface area contributed by atoms with E-state index in [1.165, 1.54) is 6.07 Å². The number of aryl methyl sites for hydroxylation is 1. The van der Waals surface area contributed by atoms with Crippen LogP contribution in [0.5, 0.6) is 0 Å². The van der Waals surface area contributed by atoms with Crippen molar-refractivity contribution in [3.63, 3.8) is 0 Å². The summed E-state index contributed by atoms with van der Waals surface area (Å²) in [6.45, 7) is 4.61. The van der Waals surface area contributed by atoms with Gasteiger partial charge in [-0.3, -0.25) is 4.79 Å². The molecule has 1 unspecified atom stereocenters. The molecule has 1 aromatic carbocycles. The summed E-state index contributed by atoms with van der Waals surface area (Å²) < 4.78 is 27.9. The zero-order valence-electron chi connectivity index (χ0n) is 18.1. The average Bonchev–Trinajstić information content (AvgIpc) is 2.72. The molecule has 1 saturated heterocycles. The molecule has 0 bridgehead atoms. The van der Waals surface area contributed by atoms with Crippen molar-refractivity contribution in [2.24, 2.45) is 0 Å². The van der Waals surface area contributed by atoms with Crippen LogP contribution < -0.4 is 10.2 Å². The van der Waals surface area contributed by atoms with Crippen LogP contribution in [0.2, 0.25) is 0 Å². The van der Waals surface area contributed by atoms with E-state index in [9.17, 15) is 13.2 Å². The molecular formula is C22H30N4O3S. The highest BCUT2D eigenvalue weighted by molar-refractivity contribution is 7.89. The molecule has 2 aromatic rings. The van der Waals surface area contributed by atoms with Crippen LogP contribution in [0.1, 0.15) is 47.7 Å². The van der Waals surface area contributed by atoms with Gasteiger partial charge in [-0.2, -0.15) is 4.31 Å². The van der Waals surface area contributed by atoms with Gasteiger partial charge in [0.05, 0.1) is 4.90 Å². The Bertz CT molecular complexity index is 1020. The number of benzene rings is 1. The highest BCUT2D eigenvalue weighted by Gasteiger charge is 2.31. The van der Waals surface area contributed by atoms with Crippen LogP contribution >= 0.6 is 0 Å². The fourth-order valence-electron chi connectivity index (χ4n) is 3.66. The number of pyridine rings is 1. The van der Waals surface area contributed by atoms with E-state index < -0.39 is 10.0 Å². The molecule has 8 heteroatoms. The molecule has 1 amide bonds. The highest BCUT2D eigenvalue weighted by atomic mass is 32.2. The van der Waals surface area contributed by atoms with Crippen LogP contribution in [0.3, 0.4) is 0 Å². The van der Waals surface area contributed by atoms with Gasteiger partial charge in [-0.1, -0.05) is 12.5 Å². The fraction of sp³-hybridized carbons (Fsp3) is 0.455. The fourth-order valence-corrected chi connectivity index (χ4v) is 5.39. The van der Waals surface area contributed by atoms with Crippen molar-refractivity contribution in [3.05, 3.63) is 53.2 Å². The lowest BCUT2D eigenvalue weighted by atomic mass is 10.1. The summed E-state index contributed by atoms with van der Waals surface area (Å²) in [5.74, 6) is 0.515. The lowest BCUT2D eigenvalue weighted by Gasteiger charge is -2.32. The second kappa shape index (κ2) is 9.14. The molecular weight excluding hydrogens is 400 g/mol. The van der Waals surface area contributed by atoms with Crippen molar-refractivity contribution in [1.82, 2.24) is 14.6 Å². The van der Waals surface area contributed by atoms with Crippen molar-refractivity contribution in [3.8, 4) is 0 Å². The minimum absolute atomic E-state index is 0.0279. The number of nitrogens with zero attached hydrogens (tertiary/aromatic N) is 3. The number of rotatable bonds is 6. The largest absolute Gasteiger partial charge is 0.363 e. The Labute approximate surface area is 179 Å². The van der Waals surface area contributed by atoms with E-state index in [-0.39, 0.29) is 16.8 Å². The van der Waals surface area contributed by atoms with Gasteiger partial charge < -0.3 is 10.2 Å². The topological polar surface area (TPSA) is 82.6 Å². The number of piperidine rings is 1. The second-order valence-electron chi connectivity index (χ2n) is 8.04. The minimum Gasteiger partial charge on any atom is -0.363 e. The van der Waals surface area contributed by atoms with E-state index in [0.29, 0.717) is 18.7 Å². The van der Waals surface area contributed by atoms with Gasteiger partial charge in [-0.25, -0.2) is 13.4 Å². The Kier molecular flexibility index (Phi) is 6.77. The molecule has 30 heavy (non-hydrogen) atoms. The van der Waals surface area contributed by atoms with Crippen LogP contribution in [0.25, 0.3) is 0 Å². The van der Waals surface area contributed by atoms with Gasteiger partial charge >= 0.3 is 0 Å². The van der Waals surface area contributed by atoms with E-state index >= 15 is 0 Å². The van der Waals surface area contributed by atoms with Gasteiger partial charge in [0.1, 0.15) is 5.82 Å². The van der Waals surface area contributed by atoms with Crippen molar-refractivity contribution in [1.29, 1.82) is 0 Å². The summed E-state index contributed by atoms with van der Waals surface area (Å²) in [4.78, 5) is 19.2. The molecule has 7 nitrogen and oxygen atoms in total. The SMILES string of the molecule is Cc1ccc(S(=O)(=O)N2CCCCC2C)cc1C(=O)NCc1ccnc(N(C)C)c1. The van der Waals surface area contributed by atoms with Crippen LogP contribution in [0, 0.1) is 6.92 Å². The molecule has 1 N–H and O–H groups in total. The van der Waals surface area contributed by atoms with Crippen molar-refractivity contribution >= 4 is 21.7 Å². The number of nitrogens with one attached hydrogen (secondary N) is 1. The molecule has 162 valence electrons. The summed E-state index contributed by atoms with van der Waals surface area (Å²) in [6, 6.07) is 8.52. The third-order valence-electron chi connectivity index (χ3n) is 5.52. The van der Waals surface area contributed by atoms with Crippen molar-refractivity contribution in [2.75, 3.05) is 25.5 Å². The number of sulfonamides is 1. The third-order valence-corrected chi connectivity index (χ3v) is 7.53. The standard InChI is InChI=1S/C22H30N4O3S/c1-16-8-9-19(30(28,29)26-12-6-5-7-17(26)2)14-20(16)22(27)24-15-18-10-11-23-21(13-18)25(3)4/h8-11,13-14,17H,5-7,12,15H2,1-4H3,(H,24,27). The lowest BCUT2D eigenvalue weighted by molar-refractivity contribution is 0.0950. The number of amides is 1. The van der Waals surface area contributed by atoms with E-state index in [1.54, 1.807) is 22.6 Å². The van der Waals surface area contributed by atoms with Crippen LogP contribution in [0.15, 0.2) is 41.4 Å². The first-order chi connectivity index (χ1) is 14.2. The molecule has 1 aliphatic rings. The van der Waals surface area contributed by atoms with Crippen LogP contribution in [-0.2, 0) is 16.6 Å². The summed E-state index contributed by atoms with van der Waals surface area (Å²) in [7, 11) is 0.185. The van der Waals surface area contributed by atoms with E-state index in [4.69, 9.17) is 0 Å². The normalized spacial score (nSPS) is 17.5. The minimum atomic E-state index is -3.63. The first-order valence-electron chi connectivity index (χ1n) is 10.2. The quantitative estimate of drug-likeness (QED) is 0.762. The maximum atomic E-state index is 13.1. The summed E-state index contributed by atoms with van der Waals surface area (Å²) in [6.07, 6.45) is 4.47. The average molecular weight is 431 g/mol. The molecule has 0 radical (unpaired) electrons. The Morgan fingerprint density at radius 2 is 2.00 bits per heavy atom. The lowest BCUT2D eigenvalue weighted by Crippen LogP contribution is -2.42. The Hall–Kier alpha value is -2.45. The van der Waals surface area contributed by atoms with E-state index in [0.717, 1.165) is 36.2 Å². The number of hydrogen-bond donors (Lipinski definition) is 1. The van der Waals surface area contributed by atoms with Gasteiger partial charge in [0, 0.05) is 45.0 Å². The zero-order valence-corrected chi connectivity index (χ0v) is 18.9. The Morgan fingerprint density at radius 3 is 2.70 bits per heavy atom. The van der Waals surface area contributed by atoms with Crippen molar-refractivity contribution < 1.29 is 13.2 Å². The van der Waals surface area contributed by atoms with Gasteiger partial charge in [0.15, 0.2) is 0 Å². The molecule has 1 aromatic heterocycles. The third kappa shape index (κ3) is 4.82. The molecule has 0 saturated carbocycles. The maximum Gasteiger partial charge on any atom is 0.251 e. The molecule has 2 heterocycles. The predicted molar refractivity (Wildman–Crippen MR) is 118 cm³/mol. The molecule has 1 aliphatic heterocycles. The molecule has 0 spiro atoms. The first-order valence-corrected chi connectivity index (χ1v) is 11.7. The second-order valence-corrected chi connectivity index (χ2v) is 9.93. The van der Waals surface area contributed by atoms with Gasteiger partial charge in [0.2, 0.25) is 10.0 Å². The summed E-state index contributed by atoms with van der Waals surface area (Å²) >= 11 is 0. The summed E-state index contributed by atoms with van der Waals surface area (Å²) in [5.41, 5.74) is 2.04. The van der Waals surface area contributed by atoms with E-state index in [1.807, 2.05) is 45.0 Å². The van der Waals surface area contributed by atoms with Crippen molar-refractivity contribution in [2.45, 2.75) is 50.6 Å². The smallest absolute Gasteiger partial charge is 0.251 e. The Balaban J connectivity index is 1.79. The molecule has 0 aliphatic carbocycles. The Morgan fingerprint density at radius 1 is 1.23 bits per heavy atom. The maximum absolute atomic E-state index is 13.1. The van der Waals surface area contributed by atoms with Crippen LogP contribution in [-0.4, -0.2) is 50.3 Å².